The first-order chi connectivity index (χ1) is 8.56. The second-order valence-corrected chi connectivity index (χ2v) is 6.06. The molecule has 0 saturated heterocycles. The van der Waals surface area contributed by atoms with Gasteiger partial charge in [0.05, 0.1) is 10.7 Å². The molecular formula is C15H15ClIN. The Morgan fingerprint density at radius 2 is 1.94 bits per heavy atom. The highest BCUT2D eigenvalue weighted by atomic mass is 127. The number of hydrogen-bond donors (Lipinski definition) is 1. The van der Waals surface area contributed by atoms with Crippen molar-refractivity contribution in [3.05, 3.63) is 62.2 Å². The molecule has 1 unspecified atom stereocenters. The molecule has 0 spiro atoms. The maximum Gasteiger partial charge on any atom is 0.0648 e. The highest BCUT2D eigenvalue weighted by Crippen LogP contribution is 2.27. The fourth-order valence-corrected chi connectivity index (χ4v) is 2.77. The molecule has 0 aliphatic carbocycles. The largest absolute Gasteiger partial charge is 0.377 e. The molecule has 0 bridgehead atoms. The molecule has 1 nitrogen and oxygen atoms in total. The fraction of sp³-hybridized carbons (Fsp3) is 0.200. The van der Waals surface area contributed by atoms with Crippen LogP contribution in [0.15, 0.2) is 42.5 Å². The first-order valence-corrected chi connectivity index (χ1v) is 7.30. The van der Waals surface area contributed by atoms with E-state index in [1.165, 1.54) is 11.1 Å². The smallest absolute Gasteiger partial charge is 0.0648 e. The Bertz CT molecular complexity index is 554. The van der Waals surface area contributed by atoms with E-state index in [1.54, 1.807) is 0 Å². The topological polar surface area (TPSA) is 12.0 Å². The summed E-state index contributed by atoms with van der Waals surface area (Å²) in [6, 6.07) is 14.8. The van der Waals surface area contributed by atoms with E-state index in [2.05, 4.69) is 72.1 Å². The van der Waals surface area contributed by atoms with Crippen molar-refractivity contribution < 1.29 is 0 Å². The zero-order valence-electron chi connectivity index (χ0n) is 10.4. The van der Waals surface area contributed by atoms with Gasteiger partial charge < -0.3 is 5.32 Å². The summed E-state index contributed by atoms with van der Waals surface area (Å²) < 4.78 is 1.14. The van der Waals surface area contributed by atoms with Gasteiger partial charge in [-0.3, -0.25) is 0 Å². The van der Waals surface area contributed by atoms with Crippen molar-refractivity contribution in [3.8, 4) is 0 Å². The molecule has 18 heavy (non-hydrogen) atoms. The Labute approximate surface area is 127 Å². The van der Waals surface area contributed by atoms with E-state index in [1.807, 2.05) is 12.1 Å². The molecule has 0 radical (unpaired) electrons. The van der Waals surface area contributed by atoms with Crippen molar-refractivity contribution in [2.24, 2.45) is 0 Å². The lowest BCUT2D eigenvalue weighted by atomic mass is 10.1. The van der Waals surface area contributed by atoms with E-state index in [-0.39, 0.29) is 6.04 Å². The van der Waals surface area contributed by atoms with Gasteiger partial charge in [-0.1, -0.05) is 41.4 Å². The van der Waals surface area contributed by atoms with Gasteiger partial charge in [-0.15, -0.1) is 0 Å². The van der Waals surface area contributed by atoms with Gasteiger partial charge in [0.1, 0.15) is 0 Å². The van der Waals surface area contributed by atoms with E-state index in [4.69, 9.17) is 11.6 Å². The Morgan fingerprint density at radius 1 is 1.17 bits per heavy atom. The van der Waals surface area contributed by atoms with Gasteiger partial charge in [0.25, 0.3) is 0 Å². The number of halogens is 2. The molecule has 1 N–H and O–H groups in total. The van der Waals surface area contributed by atoms with Crippen LogP contribution >= 0.6 is 34.2 Å². The minimum atomic E-state index is 0.238. The summed E-state index contributed by atoms with van der Waals surface area (Å²) in [4.78, 5) is 0. The van der Waals surface area contributed by atoms with Crippen LogP contribution in [0, 0.1) is 10.5 Å². The number of hydrogen-bond acceptors (Lipinski definition) is 1. The van der Waals surface area contributed by atoms with Crippen molar-refractivity contribution in [2.75, 3.05) is 5.32 Å². The molecule has 0 aliphatic rings. The predicted molar refractivity (Wildman–Crippen MR) is 87.4 cm³/mol. The van der Waals surface area contributed by atoms with Crippen LogP contribution in [0.5, 0.6) is 0 Å². The normalized spacial score (nSPS) is 12.2. The number of nitrogens with one attached hydrogen (secondary N) is 1. The molecule has 0 saturated carbocycles. The van der Waals surface area contributed by atoms with Crippen molar-refractivity contribution >= 4 is 39.9 Å². The van der Waals surface area contributed by atoms with Crippen molar-refractivity contribution in [1.29, 1.82) is 0 Å². The van der Waals surface area contributed by atoms with E-state index < -0.39 is 0 Å². The third-order valence-electron chi connectivity index (χ3n) is 2.85. The number of anilines is 1. The molecule has 2 aromatic rings. The second-order valence-electron chi connectivity index (χ2n) is 4.40. The molecule has 0 aliphatic heterocycles. The molecule has 0 heterocycles. The average Bonchev–Trinajstić information content (AvgIpc) is 2.32. The van der Waals surface area contributed by atoms with Crippen LogP contribution in [-0.4, -0.2) is 0 Å². The molecule has 0 fully saturated rings. The van der Waals surface area contributed by atoms with E-state index in [0.29, 0.717) is 0 Å². The van der Waals surface area contributed by atoms with Crippen molar-refractivity contribution in [2.45, 2.75) is 19.9 Å². The third-order valence-corrected chi connectivity index (χ3v) is 3.83. The zero-order valence-corrected chi connectivity index (χ0v) is 13.3. The highest BCUT2D eigenvalue weighted by Gasteiger charge is 2.07. The monoisotopic (exact) mass is 371 g/mol. The average molecular weight is 372 g/mol. The van der Waals surface area contributed by atoms with Crippen molar-refractivity contribution in [1.82, 2.24) is 0 Å². The minimum Gasteiger partial charge on any atom is -0.377 e. The molecule has 94 valence electrons. The van der Waals surface area contributed by atoms with Crippen LogP contribution in [0.4, 0.5) is 5.69 Å². The molecular weight excluding hydrogens is 357 g/mol. The van der Waals surface area contributed by atoms with Gasteiger partial charge in [-0.2, -0.15) is 0 Å². The van der Waals surface area contributed by atoms with Gasteiger partial charge in [-0.05, 0) is 60.2 Å². The van der Waals surface area contributed by atoms with Crippen LogP contribution in [0.25, 0.3) is 0 Å². The molecule has 2 aromatic carbocycles. The van der Waals surface area contributed by atoms with Crippen LogP contribution < -0.4 is 5.32 Å². The van der Waals surface area contributed by atoms with Gasteiger partial charge in [-0.25, -0.2) is 0 Å². The van der Waals surface area contributed by atoms with Gasteiger partial charge in [0.15, 0.2) is 0 Å². The third kappa shape index (κ3) is 3.39. The van der Waals surface area contributed by atoms with E-state index in [0.717, 1.165) is 14.3 Å². The first-order valence-electron chi connectivity index (χ1n) is 5.84. The molecule has 0 amide bonds. The fourth-order valence-electron chi connectivity index (χ4n) is 1.86. The van der Waals surface area contributed by atoms with Gasteiger partial charge >= 0.3 is 0 Å². The molecule has 0 aromatic heterocycles. The van der Waals surface area contributed by atoms with E-state index >= 15 is 0 Å². The summed E-state index contributed by atoms with van der Waals surface area (Å²) in [6.07, 6.45) is 0. The zero-order chi connectivity index (χ0) is 13.1. The van der Waals surface area contributed by atoms with Crippen molar-refractivity contribution in [3.63, 3.8) is 0 Å². The first kappa shape index (κ1) is 13.7. The van der Waals surface area contributed by atoms with Gasteiger partial charge in [0, 0.05) is 9.61 Å². The summed E-state index contributed by atoms with van der Waals surface area (Å²) in [6.45, 7) is 4.25. The molecule has 3 heteroatoms. The summed E-state index contributed by atoms with van der Waals surface area (Å²) in [5.74, 6) is 0. The number of rotatable bonds is 3. The Morgan fingerprint density at radius 3 is 2.61 bits per heavy atom. The maximum atomic E-state index is 6.23. The summed E-state index contributed by atoms with van der Waals surface area (Å²) in [5.41, 5.74) is 3.52. The van der Waals surface area contributed by atoms with Gasteiger partial charge in [0.2, 0.25) is 0 Å². The molecule has 1 atom stereocenters. The number of benzene rings is 2. The Hall–Kier alpha value is -0.740. The van der Waals surface area contributed by atoms with Crippen LogP contribution in [0.1, 0.15) is 24.1 Å². The quantitative estimate of drug-likeness (QED) is 0.710. The summed E-state index contributed by atoms with van der Waals surface area (Å²) in [7, 11) is 0. The van der Waals surface area contributed by atoms with E-state index in [9.17, 15) is 0 Å². The lowest BCUT2D eigenvalue weighted by molar-refractivity contribution is 0.883. The van der Waals surface area contributed by atoms with Crippen LogP contribution in [0.2, 0.25) is 5.02 Å². The lowest BCUT2D eigenvalue weighted by Crippen LogP contribution is -2.07. The van der Waals surface area contributed by atoms with Crippen LogP contribution in [-0.2, 0) is 0 Å². The maximum absolute atomic E-state index is 6.23. The Balaban J connectivity index is 2.18. The standard InChI is InChI=1S/C15H15ClIN/c1-10-4-3-5-12(8-10)11(2)18-15-7-6-13(17)9-14(15)16/h3-9,11,18H,1-2H3. The Kier molecular flexibility index (Phi) is 4.51. The second kappa shape index (κ2) is 5.93. The summed E-state index contributed by atoms with van der Waals surface area (Å²) >= 11 is 8.48. The minimum absolute atomic E-state index is 0.238. The predicted octanol–water partition coefficient (Wildman–Crippen LogP) is 5.43. The highest BCUT2D eigenvalue weighted by molar-refractivity contribution is 14.1. The SMILES string of the molecule is Cc1cccc(C(C)Nc2ccc(I)cc2Cl)c1. The molecule has 2 rings (SSSR count). The number of aryl methyl sites for hydroxylation is 1. The van der Waals surface area contributed by atoms with Crippen LogP contribution in [0.3, 0.4) is 0 Å². The summed E-state index contributed by atoms with van der Waals surface area (Å²) in [5, 5.41) is 4.21. The lowest BCUT2D eigenvalue weighted by Gasteiger charge is -2.17.